The minimum Gasteiger partial charge on any atom is -0.491 e. The Hall–Kier alpha value is -1.83. The van der Waals surface area contributed by atoms with Crippen LogP contribution in [0.3, 0.4) is 0 Å². The summed E-state index contributed by atoms with van der Waals surface area (Å²) in [5.41, 5.74) is 0.619. The molecule has 1 aromatic rings. The van der Waals surface area contributed by atoms with E-state index in [-0.39, 0.29) is 0 Å². The smallest absolute Gasteiger partial charge is 0.413 e. The molecule has 2 rings (SSSR count). The highest BCUT2D eigenvalue weighted by atomic mass is 16.6. The van der Waals surface area contributed by atoms with Crippen molar-refractivity contribution in [2.45, 2.75) is 32.4 Å². The maximum atomic E-state index is 12.5. The van der Waals surface area contributed by atoms with Gasteiger partial charge in [-0.3, -0.25) is 10.2 Å². The van der Waals surface area contributed by atoms with Crippen molar-refractivity contribution < 1.29 is 19.0 Å². The maximum Gasteiger partial charge on any atom is 0.413 e. The number of ether oxygens (including phenoxy) is 3. The zero-order valence-corrected chi connectivity index (χ0v) is 16.8. The van der Waals surface area contributed by atoms with Gasteiger partial charge in [-0.1, -0.05) is 31.9 Å². The van der Waals surface area contributed by atoms with Crippen molar-refractivity contribution in [3.8, 4) is 5.75 Å². The van der Waals surface area contributed by atoms with Gasteiger partial charge in [0.05, 0.1) is 18.9 Å². The zero-order valence-electron chi connectivity index (χ0n) is 16.8. The summed E-state index contributed by atoms with van der Waals surface area (Å²) in [6, 6.07) is 7.43. The van der Waals surface area contributed by atoms with Gasteiger partial charge in [0.2, 0.25) is 0 Å². The zero-order chi connectivity index (χ0) is 19.5. The average Bonchev–Trinajstić information content (AvgIpc) is 2.67. The fourth-order valence-electron chi connectivity index (χ4n) is 2.96. The molecule has 1 saturated heterocycles. The number of nitrogens with one attached hydrogen (secondary N) is 1. The third-order valence-electron chi connectivity index (χ3n) is 4.63. The first-order chi connectivity index (χ1) is 13.1. The van der Waals surface area contributed by atoms with Crippen LogP contribution in [-0.4, -0.2) is 75.7 Å². The van der Waals surface area contributed by atoms with Gasteiger partial charge >= 0.3 is 6.09 Å². The van der Waals surface area contributed by atoms with Crippen LogP contribution >= 0.6 is 0 Å². The first-order valence-corrected chi connectivity index (χ1v) is 9.75. The fraction of sp³-hybridized carbons (Fsp3) is 0.650. The average molecular weight is 380 g/mol. The first kappa shape index (κ1) is 21.5. The third-order valence-corrected chi connectivity index (χ3v) is 4.63. The molecule has 1 N–H and O–H groups in total. The van der Waals surface area contributed by atoms with E-state index in [1.165, 1.54) is 0 Å². The number of unbranched alkanes of at least 4 members (excludes halogenated alkanes) is 2. The van der Waals surface area contributed by atoms with E-state index >= 15 is 0 Å². The highest BCUT2D eigenvalue weighted by Crippen LogP contribution is 2.24. The van der Waals surface area contributed by atoms with Gasteiger partial charge in [0.1, 0.15) is 5.75 Å². The van der Waals surface area contributed by atoms with Crippen LogP contribution in [0.5, 0.6) is 5.75 Å². The summed E-state index contributed by atoms with van der Waals surface area (Å²) in [7, 11) is 3.71. The van der Waals surface area contributed by atoms with Gasteiger partial charge in [-0.2, -0.15) is 0 Å². The normalized spacial score (nSPS) is 16.7. The Morgan fingerprint density at radius 2 is 1.93 bits per heavy atom. The van der Waals surface area contributed by atoms with Crippen LogP contribution in [0, 0.1) is 0 Å². The van der Waals surface area contributed by atoms with Crippen molar-refractivity contribution in [3.63, 3.8) is 0 Å². The van der Waals surface area contributed by atoms with E-state index in [0.29, 0.717) is 24.7 Å². The predicted octanol–water partition coefficient (Wildman–Crippen LogP) is 3.02. The van der Waals surface area contributed by atoms with Crippen LogP contribution in [0.1, 0.15) is 26.2 Å². The van der Waals surface area contributed by atoms with Crippen molar-refractivity contribution in [2.75, 3.05) is 58.9 Å². The SMILES string of the molecule is CCCCCOc1ccccc1NC(=O)OC(COC)N1CCN(C)CC1. The first-order valence-electron chi connectivity index (χ1n) is 9.75. The van der Waals surface area contributed by atoms with Crippen molar-refractivity contribution >= 4 is 11.8 Å². The molecule has 7 heteroatoms. The summed E-state index contributed by atoms with van der Waals surface area (Å²) >= 11 is 0. The molecule has 7 nitrogen and oxygen atoms in total. The number of nitrogens with zero attached hydrogens (tertiary/aromatic N) is 2. The number of carbonyl (C=O) groups is 1. The molecule has 1 unspecified atom stereocenters. The van der Waals surface area contributed by atoms with Crippen LogP contribution in [0.15, 0.2) is 24.3 Å². The number of para-hydroxylation sites is 2. The Morgan fingerprint density at radius 1 is 1.19 bits per heavy atom. The Kier molecular flexibility index (Phi) is 9.38. The quantitative estimate of drug-likeness (QED) is 0.631. The van der Waals surface area contributed by atoms with Gasteiger partial charge in [0, 0.05) is 33.3 Å². The number of hydrogen-bond acceptors (Lipinski definition) is 6. The van der Waals surface area contributed by atoms with Gasteiger partial charge in [0.15, 0.2) is 6.23 Å². The van der Waals surface area contributed by atoms with Crippen LogP contribution in [-0.2, 0) is 9.47 Å². The number of likely N-dealkylation sites (N-methyl/N-ethyl adjacent to an activating group) is 1. The minimum atomic E-state index is -0.499. The predicted molar refractivity (Wildman–Crippen MR) is 106 cm³/mol. The summed E-state index contributed by atoms with van der Waals surface area (Å²) in [5, 5.41) is 2.81. The van der Waals surface area contributed by atoms with Gasteiger partial charge in [0.25, 0.3) is 0 Å². The Balaban J connectivity index is 1.91. The number of piperazine rings is 1. The maximum absolute atomic E-state index is 12.5. The van der Waals surface area contributed by atoms with Gasteiger partial charge in [-0.15, -0.1) is 0 Å². The molecule has 27 heavy (non-hydrogen) atoms. The molecule has 0 aliphatic carbocycles. The highest BCUT2D eigenvalue weighted by Gasteiger charge is 2.26. The van der Waals surface area contributed by atoms with Crippen LogP contribution in [0.2, 0.25) is 0 Å². The molecule has 1 heterocycles. The van der Waals surface area contributed by atoms with E-state index in [9.17, 15) is 4.79 Å². The number of benzene rings is 1. The molecule has 0 bridgehead atoms. The molecule has 0 radical (unpaired) electrons. The number of methoxy groups -OCH3 is 1. The Morgan fingerprint density at radius 3 is 2.63 bits per heavy atom. The molecule has 152 valence electrons. The summed E-state index contributed by atoms with van der Waals surface area (Å²) in [6.07, 6.45) is 2.36. The van der Waals surface area contributed by atoms with E-state index in [1.54, 1.807) is 7.11 Å². The Bertz CT molecular complexity index is 562. The van der Waals surface area contributed by atoms with E-state index < -0.39 is 12.3 Å². The van der Waals surface area contributed by atoms with Crippen molar-refractivity contribution in [3.05, 3.63) is 24.3 Å². The van der Waals surface area contributed by atoms with Crippen LogP contribution in [0.4, 0.5) is 10.5 Å². The lowest BCUT2D eigenvalue weighted by molar-refractivity contribution is -0.0658. The Labute approximate surface area is 162 Å². The van der Waals surface area contributed by atoms with Crippen LogP contribution in [0.25, 0.3) is 0 Å². The molecule has 0 saturated carbocycles. The second-order valence-electron chi connectivity index (χ2n) is 6.83. The number of hydrogen-bond donors (Lipinski definition) is 1. The number of amides is 1. The lowest BCUT2D eigenvalue weighted by Crippen LogP contribution is -2.52. The lowest BCUT2D eigenvalue weighted by atomic mass is 10.2. The summed E-state index contributed by atoms with van der Waals surface area (Å²) in [6.45, 7) is 6.70. The molecule has 0 spiro atoms. The van der Waals surface area contributed by atoms with E-state index in [4.69, 9.17) is 14.2 Å². The van der Waals surface area contributed by atoms with Gasteiger partial charge in [-0.05, 0) is 25.6 Å². The van der Waals surface area contributed by atoms with Gasteiger partial charge < -0.3 is 19.1 Å². The van der Waals surface area contributed by atoms with E-state index in [2.05, 4.69) is 29.1 Å². The molecule has 1 atom stereocenters. The topological polar surface area (TPSA) is 63.3 Å². The minimum absolute atomic E-state index is 0.340. The molecular formula is C20H33N3O4. The summed E-state index contributed by atoms with van der Waals surface area (Å²) in [4.78, 5) is 16.8. The van der Waals surface area contributed by atoms with Crippen molar-refractivity contribution in [2.24, 2.45) is 0 Å². The van der Waals surface area contributed by atoms with Gasteiger partial charge in [-0.25, -0.2) is 4.79 Å². The van der Waals surface area contributed by atoms with E-state index in [0.717, 1.165) is 45.4 Å². The molecule has 1 fully saturated rings. The monoisotopic (exact) mass is 379 g/mol. The second-order valence-corrected chi connectivity index (χ2v) is 6.83. The van der Waals surface area contributed by atoms with Crippen LogP contribution < -0.4 is 10.1 Å². The number of carbonyl (C=O) groups excluding carboxylic acids is 1. The molecule has 1 aromatic carbocycles. The molecule has 0 aromatic heterocycles. The molecule has 1 aliphatic heterocycles. The molecule has 1 amide bonds. The lowest BCUT2D eigenvalue weighted by Gasteiger charge is -2.36. The summed E-state index contributed by atoms with van der Waals surface area (Å²) in [5.74, 6) is 0.661. The standard InChI is InChI=1S/C20H33N3O4/c1-4-5-8-15-26-18-10-7-6-9-17(18)21-20(24)27-19(16-25-3)23-13-11-22(2)12-14-23/h6-7,9-10,19H,4-5,8,11-16H2,1-3H3,(H,21,24). The third kappa shape index (κ3) is 7.36. The summed E-state index contributed by atoms with van der Waals surface area (Å²) < 4.78 is 16.7. The fourth-order valence-corrected chi connectivity index (χ4v) is 2.96. The largest absolute Gasteiger partial charge is 0.491 e. The van der Waals surface area contributed by atoms with Crippen molar-refractivity contribution in [1.82, 2.24) is 9.80 Å². The second kappa shape index (κ2) is 11.8. The molecular weight excluding hydrogens is 346 g/mol. The van der Waals surface area contributed by atoms with Crippen molar-refractivity contribution in [1.29, 1.82) is 0 Å². The highest BCUT2D eigenvalue weighted by molar-refractivity contribution is 5.86. The van der Waals surface area contributed by atoms with E-state index in [1.807, 2.05) is 24.3 Å². The number of rotatable bonds is 10. The molecule has 1 aliphatic rings. The number of anilines is 1.